The normalized spacial score (nSPS) is 11.5. The second-order valence-corrected chi connectivity index (χ2v) is 9.44. The molecule has 0 fully saturated rings. The number of benzene rings is 3. The molecule has 0 bridgehead atoms. The van der Waals surface area contributed by atoms with Crippen molar-refractivity contribution in [3.05, 3.63) is 95.2 Å². The molecule has 4 aromatic rings. The van der Waals surface area contributed by atoms with Crippen molar-refractivity contribution >= 4 is 26.5 Å². The molecule has 0 atom stereocenters. The molecule has 0 spiro atoms. The van der Waals surface area contributed by atoms with Crippen LogP contribution in [0.3, 0.4) is 0 Å². The number of carbonyl (C=O) groups excluding carboxylic acids is 1. The molecule has 6 heteroatoms. The van der Waals surface area contributed by atoms with Crippen molar-refractivity contribution in [1.29, 1.82) is 0 Å². The molecule has 0 saturated heterocycles. The molecule has 0 unspecified atom stereocenters. The van der Waals surface area contributed by atoms with Crippen molar-refractivity contribution in [1.82, 2.24) is 4.98 Å². The van der Waals surface area contributed by atoms with E-state index in [4.69, 9.17) is 4.74 Å². The third-order valence-corrected chi connectivity index (χ3v) is 7.31. The third-order valence-electron chi connectivity index (χ3n) is 5.46. The zero-order valence-electron chi connectivity index (χ0n) is 18.1. The molecule has 0 aliphatic rings. The van der Waals surface area contributed by atoms with Crippen LogP contribution in [0.5, 0.6) is 5.75 Å². The lowest BCUT2D eigenvalue weighted by atomic mass is 10.0. The molecule has 32 heavy (non-hydrogen) atoms. The smallest absolute Gasteiger partial charge is 0.208 e. The molecule has 0 saturated carbocycles. The average molecular weight is 446 g/mol. The van der Waals surface area contributed by atoms with Gasteiger partial charge in [-0.2, -0.15) is 0 Å². The zero-order chi connectivity index (χ0) is 22.9. The molecular weight excluding hydrogens is 422 g/mol. The molecule has 0 amide bonds. The van der Waals surface area contributed by atoms with Gasteiger partial charge in [0.2, 0.25) is 9.84 Å². The van der Waals surface area contributed by atoms with Crippen molar-refractivity contribution in [2.45, 2.75) is 30.6 Å². The highest BCUT2D eigenvalue weighted by molar-refractivity contribution is 7.91. The number of sulfone groups is 1. The van der Waals surface area contributed by atoms with Crippen molar-refractivity contribution in [3.63, 3.8) is 0 Å². The van der Waals surface area contributed by atoms with Crippen LogP contribution in [0.1, 0.15) is 34.0 Å². The summed E-state index contributed by atoms with van der Waals surface area (Å²) in [6, 6.07) is 18.6. The minimum absolute atomic E-state index is 0.0229. The number of pyridine rings is 1. The third kappa shape index (κ3) is 3.89. The van der Waals surface area contributed by atoms with Gasteiger partial charge >= 0.3 is 0 Å². The van der Waals surface area contributed by atoms with Gasteiger partial charge in [0, 0.05) is 17.1 Å². The number of fused-ring (bicyclic) bond motifs is 1. The van der Waals surface area contributed by atoms with Crippen LogP contribution in [-0.4, -0.2) is 25.8 Å². The summed E-state index contributed by atoms with van der Waals surface area (Å²) in [6.07, 6.45) is 1.36. The van der Waals surface area contributed by atoms with Gasteiger partial charge in [0.1, 0.15) is 5.75 Å². The summed E-state index contributed by atoms with van der Waals surface area (Å²) in [6.45, 7) is 6.18. The second-order valence-electron chi connectivity index (χ2n) is 7.55. The maximum atomic E-state index is 13.8. The molecule has 4 rings (SSSR count). The Morgan fingerprint density at radius 2 is 1.66 bits per heavy atom. The van der Waals surface area contributed by atoms with Gasteiger partial charge in [-0.15, -0.1) is 0 Å². The largest absolute Gasteiger partial charge is 0.494 e. The van der Waals surface area contributed by atoms with Gasteiger partial charge in [-0.25, -0.2) is 8.42 Å². The van der Waals surface area contributed by atoms with Gasteiger partial charge in [-0.1, -0.05) is 24.3 Å². The van der Waals surface area contributed by atoms with E-state index in [2.05, 4.69) is 4.98 Å². The number of para-hydroxylation sites is 1. The van der Waals surface area contributed by atoms with E-state index >= 15 is 0 Å². The molecule has 1 heterocycles. The van der Waals surface area contributed by atoms with Crippen molar-refractivity contribution in [3.8, 4) is 5.75 Å². The Hall–Kier alpha value is -3.51. The molecular formula is C26H23NO4S. The first-order valence-corrected chi connectivity index (χ1v) is 11.8. The molecule has 5 nitrogen and oxygen atoms in total. The summed E-state index contributed by atoms with van der Waals surface area (Å²) in [7, 11) is -3.99. The SMILES string of the molecule is CCOc1ccc(C(=O)c2cnc3ccccc3c2S(=O)(=O)c2ccc(C)c(C)c2)cc1. The number of carbonyl (C=O) groups is 1. The van der Waals surface area contributed by atoms with Crippen LogP contribution in [0, 0.1) is 13.8 Å². The van der Waals surface area contributed by atoms with Crippen LogP contribution >= 0.6 is 0 Å². The number of aromatic nitrogens is 1. The molecule has 162 valence electrons. The maximum absolute atomic E-state index is 13.8. The number of rotatable bonds is 6. The first-order chi connectivity index (χ1) is 15.3. The van der Waals surface area contributed by atoms with E-state index in [9.17, 15) is 13.2 Å². The summed E-state index contributed by atoms with van der Waals surface area (Å²) < 4.78 is 33.1. The Balaban J connectivity index is 1.93. The molecule has 1 aromatic heterocycles. The Bertz CT molecular complexity index is 1420. The highest BCUT2D eigenvalue weighted by Crippen LogP contribution is 2.32. The van der Waals surface area contributed by atoms with Crippen molar-refractivity contribution in [2.75, 3.05) is 6.61 Å². The standard InChI is InChI=1S/C26H23NO4S/c1-4-31-20-12-10-19(11-13-20)25(28)23-16-27-24-8-6-5-7-22(24)26(23)32(29,30)21-14-9-17(2)18(3)15-21/h5-16H,4H2,1-3H3. The quantitative estimate of drug-likeness (QED) is 0.376. The highest BCUT2D eigenvalue weighted by Gasteiger charge is 2.28. The second kappa shape index (κ2) is 8.55. The van der Waals surface area contributed by atoms with E-state index in [1.807, 2.05) is 20.8 Å². The van der Waals surface area contributed by atoms with Gasteiger partial charge in [0.05, 0.1) is 27.5 Å². The van der Waals surface area contributed by atoms with Gasteiger partial charge < -0.3 is 4.74 Å². The number of aryl methyl sites for hydroxylation is 2. The average Bonchev–Trinajstić information content (AvgIpc) is 2.80. The Morgan fingerprint density at radius 1 is 0.938 bits per heavy atom. The van der Waals surface area contributed by atoms with E-state index in [0.717, 1.165) is 11.1 Å². The Labute approximate surface area is 187 Å². The van der Waals surface area contributed by atoms with Gasteiger partial charge in [-0.05, 0) is 74.4 Å². The van der Waals surface area contributed by atoms with E-state index in [0.29, 0.717) is 28.8 Å². The molecule has 0 N–H and O–H groups in total. The van der Waals surface area contributed by atoms with Crippen LogP contribution in [-0.2, 0) is 9.84 Å². The minimum atomic E-state index is -3.99. The maximum Gasteiger partial charge on any atom is 0.208 e. The van der Waals surface area contributed by atoms with E-state index in [-0.39, 0.29) is 15.4 Å². The summed E-state index contributed by atoms with van der Waals surface area (Å²) in [5.74, 6) is 0.234. The van der Waals surface area contributed by atoms with E-state index < -0.39 is 15.6 Å². The lowest BCUT2D eigenvalue weighted by Crippen LogP contribution is -2.13. The van der Waals surface area contributed by atoms with Crippen molar-refractivity contribution < 1.29 is 17.9 Å². The lowest BCUT2D eigenvalue weighted by Gasteiger charge is -2.14. The zero-order valence-corrected chi connectivity index (χ0v) is 18.9. The predicted octanol–water partition coefficient (Wildman–Crippen LogP) is 5.31. The van der Waals surface area contributed by atoms with Crippen LogP contribution in [0.25, 0.3) is 10.9 Å². The van der Waals surface area contributed by atoms with Crippen LogP contribution in [0.4, 0.5) is 0 Å². The summed E-state index contributed by atoms with van der Waals surface area (Å²) in [5.41, 5.74) is 2.78. The number of hydrogen-bond donors (Lipinski definition) is 0. The van der Waals surface area contributed by atoms with Crippen LogP contribution in [0.2, 0.25) is 0 Å². The molecule has 0 aliphatic carbocycles. The lowest BCUT2D eigenvalue weighted by molar-refractivity contribution is 0.103. The Kier molecular flexibility index (Phi) is 5.80. The number of nitrogens with zero attached hydrogens (tertiary/aromatic N) is 1. The number of ether oxygens (including phenoxy) is 1. The number of hydrogen-bond acceptors (Lipinski definition) is 5. The fourth-order valence-electron chi connectivity index (χ4n) is 3.59. The van der Waals surface area contributed by atoms with Gasteiger partial charge in [-0.3, -0.25) is 9.78 Å². The first kappa shape index (κ1) is 21.7. The minimum Gasteiger partial charge on any atom is -0.494 e. The van der Waals surface area contributed by atoms with Gasteiger partial charge in [0.25, 0.3) is 0 Å². The fraction of sp³-hybridized carbons (Fsp3) is 0.154. The highest BCUT2D eigenvalue weighted by atomic mass is 32.2. The number of ketones is 1. The van der Waals surface area contributed by atoms with Crippen LogP contribution in [0.15, 0.2) is 82.7 Å². The van der Waals surface area contributed by atoms with Crippen LogP contribution < -0.4 is 4.74 Å². The molecule has 0 radical (unpaired) electrons. The first-order valence-electron chi connectivity index (χ1n) is 10.3. The summed E-state index contributed by atoms with van der Waals surface area (Å²) in [5, 5.41) is 0.419. The molecule has 0 aliphatic heterocycles. The fourth-order valence-corrected chi connectivity index (χ4v) is 5.30. The van der Waals surface area contributed by atoms with E-state index in [1.165, 1.54) is 6.20 Å². The Morgan fingerprint density at radius 3 is 2.34 bits per heavy atom. The molecule has 3 aromatic carbocycles. The monoisotopic (exact) mass is 445 g/mol. The topological polar surface area (TPSA) is 73.3 Å². The predicted molar refractivity (Wildman–Crippen MR) is 124 cm³/mol. The van der Waals surface area contributed by atoms with Gasteiger partial charge in [0.15, 0.2) is 5.78 Å². The summed E-state index contributed by atoms with van der Waals surface area (Å²) >= 11 is 0. The van der Waals surface area contributed by atoms with Crippen molar-refractivity contribution in [2.24, 2.45) is 0 Å². The van der Waals surface area contributed by atoms with E-state index in [1.54, 1.807) is 66.7 Å². The summed E-state index contributed by atoms with van der Waals surface area (Å²) in [4.78, 5) is 17.9.